The molecule has 0 spiro atoms. The first-order valence-corrected chi connectivity index (χ1v) is 12.3. The maximum Gasteiger partial charge on any atom is 0.313 e. The van der Waals surface area contributed by atoms with Crippen molar-refractivity contribution in [2.24, 2.45) is 0 Å². The van der Waals surface area contributed by atoms with Gasteiger partial charge in [0.25, 0.3) is 0 Å². The highest BCUT2D eigenvalue weighted by Gasteiger charge is 2.32. The van der Waals surface area contributed by atoms with Gasteiger partial charge in [0.2, 0.25) is 5.78 Å². The maximum atomic E-state index is 12.8. The Kier molecular flexibility index (Phi) is 8.60. The molecule has 1 aliphatic rings. The van der Waals surface area contributed by atoms with Crippen LogP contribution in [-0.2, 0) is 25.6 Å². The molecule has 1 aromatic heterocycles. The molecular formula is C22H25NO5S2. The van der Waals surface area contributed by atoms with Gasteiger partial charge in [0.05, 0.1) is 18.2 Å². The Labute approximate surface area is 184 Å². The Balaban J connectivity index is 1.49. The van der Waals surface area contributed by atoms with Crippen LogP contribution in [0.2, 0.25) is 0 Å². The fourth-order valence-corrected chi connectivity index (χ4v) is 5.18. The van der Waals surface area contributed by atoms with Crippen LogP contribution >= 0.6 is 21.6 Å². The summed E-state index contributed by atoms with van der Waals surface area (Å²) in [5.41, 5.74) is 2.00. The number of ketones is 2. The third-order valence-corrected chi connectivity index (χ3v) is 7.21. The highest BCUT2D eigenvalue weighted by atomic mass is 33.1. The van der Waals surface area contributed by atoms with E-state index in [1.165, 1.54) is 0 Å². The molecule has 0 N–H and O–H groups in total. The molecule has 0 radical (unpaired) electrons. The number of Topliss-reactive ketones (excluding diaryl/α,β-unsaturated/α-hetero) is 1. The number of rotatable bonds is 12. The number of nitrogens with zero attached hydrogens (tertiary/aromatic N) is 1. The molecule has 30 heavy (non-hydrogen) atoms. The number of carbonyl (C=O) groups excluding carboxylic acids is 3. The number of carbonyl (C=O) groups is 3. The lowest BCUT2D eigenvalue weighted by molar-refractivity contribution is -0.145. The molecule has 0 amide bonds. The van der Waals surface area contributed by atoms with E-state index >= 15 is 0 Å². The van der Waals surface area contributed by atoms with Gasteiger partial charge in [-0.3, -0.25) is 14.4 Å². The predicted molar refractivity (Wildman–Crippen MR) is 119 cm³/mol. The van der Waals surface area contributed by atoms with Gasteiger partial charge in [-0.15, -0.1) is 0 Å². The topological polar surface area (TPSA) is 74.6 Å². The SMILES string of the molecule is COCCSSCCOC(=O)CC(=O)C1CCn2c(C(=O)c3ccccc3)ccc21. The van der Waals surface area contributed by atoms with Crippen LogP contribution in [0, 0.1) is 0 Å². The fourth-order valence-electron chi connectivity index (χ4n) is 3.45. The second kappa shape index (κ2) is 11.4. The Bertz CT molecular complexity index is 881. The predicted octanol–water partition coefficient (Wildman–Crippen LogP) is 3.74. The highest BCUT2D eigenvalue weighted by Crippen LogP contribution is 2.33. The van der Waals surface area contributed by atoms with Gasteiger partial charge in [0.1, 0.15) is 13.0 Å². The van der Waals surface area contributed by atoms with Crippen LogP contribution < -0.4 is 0 Å². The zero-order chi connectivity index (χ0) is 21.3. The van der Waals surface area contributed by atoms with Gasteiger partial charge < -0.3 is 14.0 Å². The number of methoxy groups -OCH3 is 1. The fraction of sp³-hybridized carbons (Fsp3) is 0.409. The Morgan fingerprint density at radius 2 is 1.77 bits per heavy atom. The van der Waals surface area contributed by atoms with Crippen LogP contribution in [0.15, 0.2) is 42.5 Å². The lowest BCUT2D eigenvalue weighted by Gasteiger charge is -2.09. The molecule has 0 fully saturated rings. The van der Waals surface area contributed by atoms with Gasteiger partial charge in [0.15, 0.2) is 5.78 Å². The van der Waals surface area contributed by atoms with E-state index < -0.39 is 5.97 Å². The number of hydrogen-bond donors (Lipinski definition) is 0. The van der Waals surface area contributed by atoms with Crippen molar-refractivity contribution < 1.29 is 23.9 Å². The molecule has 2 aromatic rings. The van der Waals surface area contributed by atoms with Crippen LogP contribution in [0.1, 0.15) is 40.5 Å². The molecule has 1 atom stereocenters. The smallest absolute Gasteiger partial charge is 0.313 e. The quantitative estimate of drug-likeness (QED) is 0.161. The van der Waals surface area contributed by atoms with Crippen LogP contribution in [0.25, 0.3) is 0 Å². The second-order valence-corrected chi connectivity index (χ2v) is 9.53. The summed E-state index contributed by atoms with van der Waals surface area (Å²) < 4.78 is 12.0. The molecule has 0 saturated carbocycles. The number of fused-ring (bicyclic) bond motifs is 1. The largest absolute Gasteiger partial charge is 0.464 e. The Morgan fingerprint density at radius 3 is 2.50 bits per heavy atom. The number of aromatic nitrogens is 1. The second-order valence-electron chi connectivity index (χ2n) is 6.83. The van der Waals surface area contributed by atoms with Crippen molar-refractivity contribution in [1.29, 1.82) is 0 Å². The minimum atomic E-state index is -0.493. The van der Waals surface area contributed by atoms with Crippen LogP contribution in [-0.4, -0.2) is 53.9 Å². The minimum absolute atomic E-state index is 0.0600. The van der Waals surface area contributed by atoms with E-state index in [0.29, 0.717) is 36.6 Å². The van der Waals surface area contributed by atoms with E-state index in [9.17, 15) is 14.4 Å². The van der Waals surface area contributed by atoms with E-state index in [2.05, 4.69) is 0 Å². The third-order valence-electron chi connectivity index (χ3n) is 4.87. The van der Waals surface area contributed by atoms with E-state index in [0.717, 1.165) is 11.4 Å². The third kappa shape index (κ3) is 5.77. The minimum Gasteiger partial charge on any atom is -0.464 e. The van der Waals surface area contributed by atoms with Crippen LogP contribution in [0.3, 0.4) is 0 Å². The molecule has 2 heterocycles. The molecule has 8 heteroatoms. The lowest BCUT2D eigenvalue weighted by Crippen LogP contribution is -2.17. The summed E-state index contributed by atoms with van der Waals surface area (Å²) in [7, 11) is 4.94. The van der Waals surface area contributed by atoms with E-state index in [-0.39, 0.29) is 30.5 Å². The Hall–Kier alpha value is -2.03. The first-order valence-electron chi connectivity index (χ1n) is 9.82. The van der Waals surface area contributed by atoms with E-state index in [4.69, 9.17) is 9.47 Å². The molecule has 0 bridgehead atoms. The van der Waals surface area contributed by atoms with Gasteiger partial charge in [-0.1, -0.05) is 51.9 Å². The van der Waals surface area contributed by atoms with Crippen molar-refractivity contribution in [3.05, 3.63) is 59.4 Å². The van der Waals surface area contributed by atoms with Crippen LogP contribution in [0.5, 0.6) is 0 Å². The maximum absolute atomic E-state index is 12.8. The van der Waals surface area contributed by atoms with E-state index in [1.54, 1.807) is 46.9 Å². The monoisotopic (exact) mass is 447 g/mol. The van der Waals surface area contributed by atoms with Crippen molar-refractivity contribution in [3.63, 3.8) is 0 Å². The van der Waals surface area contributed by atoms with Crippen molar-refractivity contribution in [2.75, 3.05) is 31.8 Å². The number of esters is 1. The zero-order valence-corrected chi connectivity index (χ0v) is 18.5. The molecule has 6 nitrogen and oxygen atoms in total. The van der Waals surface area contributed by atoms with Crippen molar-refractivity contribution in [3.8, 4) is 0 Å². The van der Waals surface area contributed by atoms with Crippen molar-refractivity contribution >= 4 is 39.1 Å². The van der Waals surface area contributed by atoms with Gasteiger partial charge in [-0.2, -0.15) is 0 Å². The Morgan fingerprint density at radius 1 is 1.03 bits per heavy atom. The summed E-state index contributed by atoms with van der Waals surface area (Å²) in [5, 5.41) is 0. The van der Waals surface area contributed by atoms with Gasteiger partial charge in [0, 0.05) is 36.4 Å². The van der Waals surface area contributed by atoms with Crippen molar-refractivity contribution in [2.45, 2.75) is 25.3 Å². The molecular weight excluding hydrogens is 422 g/mol. The van der Waals surface area contributed by atoms with Crippen molar-refractivity contribution in [1.82, 2.24) is 4.57 Å². The number of hydrogen-bond acceptors (Lipinski definition) is 7. The summed E-state index contributed by atoms with van der Waals surface area (Å²) in [5.74, 6) is 0.477. The molecule has 1 unspecified atom stereocenters. The summed E-state index contributed by atoms with van der Waals surface area (Å²) in [6, 6.07) is 12.7. The molecule has 0 aliphatic carbocycles. The standard InChI is InChI=1S/C22H25NO5S2/c1-27-11-13-29-30-14-12-28-21(25)15-20(24)17-9-10-23-18(17)7-8-19(23)22(26)16-5-3-2-4-6-16/h2-8,17H,9-15H2,1H3. The molecule has 1 aromatic carbocycles. The van der Waals surface area contributed by atoms with Crippen LogP contribution in [0.4, 0.5) is 0 Å². The average Bonchev–Trinajstić information content (AvgIpc) is 3.35. The molecule has 3 rings (SSSR count). The summed E-state index contributed by atoms with van der Waals surface area (Å²) in [6.07, 6.45) is 0.364. The first-order chi connectivity index (χ1) is 14.6. The first kappa shape index (κ1) is 22.7. The average molecular weight is 448 g/mol. The summed E-state index contributed by atoms with van der Waals surface area (Å²) >= 11 is 0. The number of benzene rings is 1. The van der Waals surface area contributed by atoms with Gasteiger partial charge >= 0.3 is 5.97 Å². The van der Waals surface area contributed by atoms with E-state index in [1.807, 2.05) is 28.8 Å². The summed E-state index contributed by atoms with van der Waals surface area (Å²) in [4.78, 5) is 37.4. The molecule has 0 saturated heterocycles. The molecule has 160 valence electrons. The highest BCUT2D eigenvalue weighted by molar-refractivity contribution is 8.76. The normalized spacial score (nSPS) is 15.0. The number of ether oxygens (including phenoxy) is 2. The van der Waals surface area contributed by atoms with Gasteiger partial charge in [-0.25, -0.2) is 0 Å². The zero-order valence-electron chi connectivity index (χ0n) is 16.9. The lowest BCUT2D eigenvalue weighted by atomic mass is 9.97. The summed E-state index contributed by atoms with van der Waals surface area (Å²) in [6.45, 7) is 1.57. The van der Waals surface area contributed by atoms with Gasteiger partial charge in [-0.05, 0) is 18.6 Å². The molecule has 1 aliphatic heterocycles.